The molecule has 0 amide bonds. The Kier molecular flexibility index (Phi) is 5.48. The van der Waals surface area contributed by atoms with E-state index in [1.54, 1.807) is 0 Å². The predicted molar refractivity (Wildman–Crippen MR) is 78.7 cm³/mol. The van der Waals surface area contributed by atoms with Gasteiger partial charge in [0.05, 0.1) is 0 Å². The fourth-order valence-corrected chi connectivity index (χ4v) is 1.73. The summed E-state index contributed by atoms with van der Waals surface area (Å²) in [6.07, 6.45) is 1.14. The van der Waals surface area contributed by atoms with Crippen molar-refractivity contribution in [1.82, 2.24) is 5.32 Å². The number of ether oxygens (including phenoxy) is 1. The summed E-state index contributed by atoms with van der Waals surface area (Å²) in [6.45, 7) is 11.5. The lowest BCUT2D eigenvalue weighted by atomic mass is 10.1. The largest absolute Gasteiger partial charge is 0.489 e. The van der Waals surface area contributed by atoms with E-state index < -0.39 is 0 Å². The predicted octanol–water partition coefficient (Wildman–Crippen LogP) is 4.19. The molecule has 0 bridgehead atoms. The molecule has 0 aromatic heterocycles. The quantitative estimate of drug-likeness (QED) is 0.865. The third-order valence-electron chi connectivity index (χ3n) is 2.76. The van der Waals surface area contributed by atoms with Crippen LogP contribution < -0.4 is 10.1 Å². The zero-order chi connectivity index (χ0) is 13.8. The summed E-state index contributed by atoms with van der Waals surface area (Å²) in [5.74, 6) is 0.880. The summed E-state index contributed by atoms with van der Waals surface area (Å²) >= 11 is 6.00. The molecule has 0 fully saturated rings. The molecule has 3 heteroatoms. The molecule has 0 heterocycles. The van der Waals surface area contributed by atoms with Crippen LogP contribution in [0.1, 0.15) is 39.7 Å². The zero-order valence-electron chi connectivity index (χ0n) is 12.0. The second-order valence-corrected chi connectivity index (χ2v) is 6.13. The third-order valence-corrected chi connectivity index (χ3v) is 2.99. The maximum Gasteiger partial charge on any atom is 0.124 e. The standard InChI is InChI=1S/C15H24ClNO/c1-6-13(10-17-15(3,4)5)18-14-9-12(16)8-7-11(14)2/h7-9,13,17H,6,10H2,1-5H3. The van der Waals surface area contributed by atoms with E-state index in [0.29, 0.717) is 5.02 Å². The molecule has 0 aliphatic rings. The first kappa shape index (κ1) is 15.3. The van der Waals surface area contributed by atoms with Gasteiger partial charge in [0.15, 0.2) is 0 Å². The number of halogens is 1. The number of nitrogens with one attached hydrogen (secondary N) is 1. The Morgan fingerprint density at radius 1 is 1.33 bits per heavy atom. The Morgan fingerprint density at radius 2 is 2.00 bits per heavy atom. The number of hydrogen-bond acceptors (Lipinski definition) is 2. The average Bonchev–Trinajstić information content (AvgIpc) is 2.27. The number of benzene rings is 1. The Labute approximate surface area is 116 Å². The Bertz CT molecular complexity index is 385. The molecule has 1 aromatic rings. The molecule has 0 aliphatic heterocycles. The van der Waals surface area contributed by atoms with Crippen LogP contribution in [0.4, 0.5) is 0 Å². The normalized spacial score (nSPS) is 13.4. The molecular weight excluding hydrogens is 246 g/mol. The monoisotopic (exact) mass is 269 g/mol. The van der Waals surface area contributed by atoms with Crippen LogP contribution in [-0.2, 0) is 0 Å². The fraction of sp³-hybridized carbons (Fsp3) is 0.600. The molecule has 1 atom stereocenters. The van der Waals surface area contributed by atoms with Crippen molar-refractivity contribution in [2.24, 2.45) is 0 Å². The fourth-order valence-electron chi connectivity index (χ4n) is 1.57. The van der Waals surface area contributed by atoms with E-state index in [1.807, 2.05) is 25.1 Å². The second kappa shape index (κ2) is 6.44. The van der Waals surface area contributed by atoms with Crippen molar-refractivity contribution in [1.29, 1.82) is 0 Å². The maximum atomic E-state index is 6.02. The minimum atomic E-state index is 0.111. The van der Waals surface area contributed by atoms with Gasteiger partial charge < -0.3 is 10.1 Å². The summed E-state index contributed by atoms with van der Waals surface area (Å²) in [4.78, 5) is 0. The van der Waals surface area contributed by atoms with E-state index >= 15 is 0 Å². The van der Waals surface area contributed by atoms with Crippen LogP contribution in [0.15, 0.2) is 18.2 Å². The van der Waals surface area contributed by atoms with Crippen molar-refractivity contribution in [3.63, 3.8) is 0 Å². The first-order chi connectivity index (χ1) is 8.31. The van der Waals surface area contributed by atoms with Crippen molar-refractivity contribution in [3.8, 4) is 5.75 Å². The zero-order valence-corrected chi connectivity index (χ0v) is 12.8. The lowest BCUT2D eigenvalue weighted by Crippen LogP contribution is -2.42. The van der Waals surface area contributed by atoms with Gasteiger partial charge in [-0.15, -0.1) is 0 Å². The van der Waals surface area contributed by atoms with Gasteiger partial charge in [-0.1, -0.05) is 24.6 Å². The van der Waals surface area contributed by atoms with Gasteiger partial charge in [-0.2, -0.15) is 0 Å². The van der Waals surface area contributed by atoms with Crippen molar-refractivity contribution in [2.45, 2.75) is 52.7 Å². The number of hydrogen-bond donors (Lipinski definition) is 1. The smallest absolute Gasteiger partial charge is 0.124 e. The first-order valence-electron chi connectivity index (χ1n) is 6.49. The molecule has 0 saturated carbocycles. The van der Waals surface area contributed by atoms with Crippen LogP contribution in [0.2, 0.25) is 5.02 Å². The molecule has 2 nitrogen and oxygen atoms in total. The summed E-state index contributed by atoms with van der Waals surface area (Å²) in [5.41, 5.74) is 1.23. The SMILES string of the molecule is CCC(CNC(C)(C)C)Oc1cc(Cl)ccc1C. The van der Waals surface area contributed by atoms with Crippen molar-refractivity contribution >= 4 is 11.6 Å². The molecule has 0 radical (unpaired) electrons. The van der Waals surface area contributed by atoms with Gasteiger partial charge in [0, 0.05) is 17.1 Å². The van der Waals surface area contributed by atoms with E-state index in [0.717, 1.165) is 24.3 Å². The minimum absolute atomic E-state index is 0.111. The molecule has 1 N–H and O–H groups in total. The number of aryl methyl sites for hydroxylation is 1. The summed E-state index contributed by atoms with van der Waals surface area (Å²) in [6, 6.07) is 5.76. The molecular formula is C15H24ClNO. The molecule has 0 aliphatic carbocycles. The lowest BCUT2D eigenvalue weighted by Gasteiger charge is -2.26. The highest BCUT2D eigenvalue weighted by atomic mass is 35.5. The Hall–Kier alpha value is -0.730. The molecule has 18 heavy (non-hydrogen) atoms. The summed E-state index contributed by atoms with van der Waals surface area (Å²) in [7, 11) is 0. The highest BCUT2D eigenvalue weighted by molar-refractivity contribution is 6.30. The van der Waals surface area contributed by atoms with E-state index in [-0.39, 0.29) is 11.6 Å². The van der Waals surface area contributed by atoms with Crippen LogP contribution in [0, 0.1) is 6.92 Å². The van der Waals surface area contributed by atoms with Gasteiger partial charge >= 0.3 is 0 Å². The summed E-state index contributed by atoms with van der Waals surface area (Å²) in [5, 5.41) is 4.19. The van der Waals surface area contributed by atoms with E-state index in [4.69, 9.17) is 16.3 Å². The Balaban J connectivity index is 2.65. The average molecular weight is 270 g/mol. The highest BCUT2D eigenvalue weighted by Crippen LogP contribution is 2.24. The van der Waals surface area contributed by atoms with Crippen LogP contribution in [0.3, 0.4) is 0 Å². The van der Waals surface area contributed by atoms with E-state index in [1.165, 1.54) is 0 Å². The molecule has 102 valence electrons. The van der Waals surface area contributed by atoms with Crippen molar-refractivity contribution < 1.29 is 4.74 Å². The molecule has 1 aromatic carbocycles. The molecule has 0 saturated heterocycles. The molecule has 0 spiro atoms. The van der Waals surface area contributed by atoms with Crippen molar-refractivity contribution in [3.05, 3.63) is 28.8 Å². The topological polar surface area (TPSA) is 21.3 Å². The van der Waals surface area contributed by atoms with Crippen LogP contribution in [0.25, 0.3) is 0 Å². The molecule has 1 rings (SSSR count). The minimum Gasteiger partial charge on any atom is -0.489 e. The van der Waals surface area contributed by atoms with Crippen molar-refractivity contribution in [2.75, 3.05) is 6.54 Å². The van der Waals surface area contributed by atoms with Gasteiger partial charge in [0.25, 0.3) is 0 Å². The third kappa shape index (κ3) is 5.28. The highest BCUT2D eigenvalue weighted by Gasteiger charge is 2.15. The van der Waals surface area contributed by atoms with Gasteiger partial charge in [0.2, 0.25) is 0 Å². The first-order valence-corrected chi connectivity index (χ1v) is 6.87. The van der Waals surface area contributed by atoms with Crippen LogP contribution in [0.5, 0.6) is 5.75 Å². The van der Waals surface area contributed by atoms with Crippen LogP contribution >= 0.6 is 11.6 Å². The van der Waals surface area contributed by atoms with Gasteiger partial charge in [0.1, 0.15) is 11.9 Å². The van der Waals surface area contributed by atoms with Gasteiger partial charge in [-0.3, -0.25) is 0 Å². The van der Waals surface area contributed by atoms with Gasteiger partial charge in [-0.05, 0) is 51.8 Å². The molecule has 1 unspecified atom stereocenters. The van der Waals surface area contributed by atoms with E-state index in [9.17, 15) is 0 Å². The lowest BCUT2D eigenvalue weighted by molar-refractivity contribution is 0.180. The van der Waals surface area contributed by atoms with Crippen LogP contribution in [-0.4, -0.2) is 18.2 Å². The maximum absolute atomic E-state index is 6.02. The van der Waals surface area contributed by atoms with Gasteiger partial charge in [-0.25, -0.2) is 0 Å². The Morgan fingerprint density at radius 3 is 2.56 bits per heavy atom. The second-order valence-electron chi connectivity index (χ2n) is 5.69. The van der Waals surface area contributed by atoms with E-state index in [2.05, 4.69) is 33.0 Å². The number of rotatable bonds is 5. The summed E-state index contributed by atoms with van der Waals surface area (Å²) < 4.78 is 6.02.